The smallest absolute Gasteiger partial charge is 0.273 e. The molecule has 1 saturated heterocycles. The van der Waals surface area contributed by atoms with Crippen LogP contribution in [0.5, 0.6) is 0 Å². The number of piperazine rings is 1. The van der Waals surface area contributed by atoms with Gasteiger partial charge in [-0.1, -0.05) is 41.5 Å². The normalized spacial score (nSPS) is 18.2. The van der Waals surface area contributed by atoms with Crippen LogP contribution < -0.4 is 0 Å². The van der Waals surface area contributed by atoms with E-state index in [0.29, 0.717) is 31.0 Å². The van der Waals surface area contributed by atoms with Gasteiger partial charge in [0.05, 0.1) is 10.0 Å². The second kappa shape index (κ2) is 7.80. The number of nitrogens with zero attached hydrogens (tertiary/aromatic N) is 4. The second-order valence-corrected chi connectivity index (χ2v) is 11.4. The zero-order chi connectivity index (χ0) is 21.6. The molecule has 0 aliphatic carbocycles. The van der Waals surface area contributed by atoms with Crippen LogP contribution >= 0.6 is 22.7 Å². The molecule has 1 fully saturated rings. The van der Waals surface area contributed by atoms with Gasteiger partial charge in [-0.2, -0.15) is 0 Å². The summed E-state index contributed by atoms with van der Waals surface area (Å²) in [6.45, 7) is 16.1. The van der Waals surface area contributed by atoms with Crippen molar-refractivity contribution in [3.8, 4) is 0 Å². The molecule has 3 rings (SSSR count). The largest absolute Gasteiger partial charge is 0.333 e. The van der Waals surface area contributed by atoms with E-state index < -0.39 is 0 Å². The molecule has 0 spiro atoms. The number of carbonyl (C=O) groups excluding carboxylic acids is 2. The summed E-state index contributed by atoms with van der Waals surface area (Å²) < 4.78 is 0. The van der Waals surface area contributed by atoms with E-state index in [9.17, 15) is 9.59 Å². The maximum absolute atomic E-state index is 13.0. The van der Waals surface area contributed by atoms with Gasteiger partial charge in [0.2, 0.25) is 0 Å². The lowest BCUT2D eigenvalue weighted by molar-refractivity contribution is 0.0408. The van der Waals surface area contributed by atoms with Crippen LogP contribution in [-0.4, -0.2) is 57.3 Å². The summed E-state index contributed by atoms with van der Waals surface area (Å²) in [6, 6.07) is -0.0688. The van der Waals surface area contributed by atoms with Crippen LogP contribution in [0.3, 0.4) is 0 Å². The Kier molecular flexibility index (Phi) is 5.89. The maximum Gasteiger partial charge on any atom is 0.273 e. The summed E-state index contributed by atoms with van der Waals surface area (Å²) >= 11 is 3.05. The Labute approximate surface area is 181 Å². The Morgan fingerprint density at radius 1 is 0.897 bits per heavy atom. The van der Waals surface area contributed by atoms with E-state index in [1.807, 2.05) is 22.6 Å². The highest BCUT2D eigenvalue weighted by Gasteiger charge is 2.33. The summed E-state index contributed by atoms with van der Waals surface area (Å²) in [5.41, 5.74) is 0.863. The lowest BCUT2D eigenvalue weighted by atomic mass is 9.98. The molecule has 0 radical (unpaired) electrons. The van der Waals surface area contributed by atoms with E-state index in [1.54, 1.807) is 4.90 Å². The molecule has 1 aliphatic heterocycles. The van der Waals surface area contributed by atoms with Gasteiger partial charge >= 0.3 is 0 Å². The Bertz CT molecular complexity index is 904. The van der Waals surface area contributed by atoms with Crippen molar-refractivity contribution < 1.29 is 9.59 Å². The van der Waals surface area contributed by atoms with Crippen LogP contribution in [0.15, 0.2) is 10.8 Å². The summed E-state index contributed by atoms with van der Waals surface area (Å²) in [6.07, 6.45) is 0. The third kappa shape index (κ3) is 4.69. The fraction of sp³-hybridized carbons (Fsp3) is 0.619. The van der Waals surface area contributed by atoms with Crippen molar-refractivity contribution in [2.45, 2.75) is 65.3 Å². The van der Waals surface area contributed by atoms with Gasteiger partial charge in [-0.15, -0.1) is 22.7 Å². The summed E-state index contributed by atoms with van der Waals surface area (Å²) in [4.78, 5) is 38.6. The molecule has 8 heteroatoms. The van der Waals surface area contributed by atoms with Gasteiger partial charge in [0.15, 0.2) is 0 Å². The Hall–Kier alpha value is -1.80. The van der Waals surface area contributed by atoms with Crippen molar-refractivity contribution in [2.75, 3.05) is 19.6 Å². The van der Waals surface area contributed by atoms with Crippen molar-refractivity contribution in [3.05, 3.63) is 32.2 Å². The Morgan fingerprint density at radius 2 is 1.38 bits per heavy atom. The molecule has 158 valence electrons. The third-order valence-electron chi connectivity index (χ3n) is 4.91. The topological polar surface area (TPSA) is 66.4 Å². The Morgan fingerprint density at radius 3 is 1.79 bits per heavy atom. The number of amides is 2. The second-order valence-electron chi connectivity index (χ2n) is 9.67. The molecule has 0 bridgehead atoms. The third-order valence-corrected chi connectivity index (χ3v) is 7.44. The SMILES string of the molecule is C[C@H]1CN(C(=O)c2csc(C(C)(C)C)n2)CCN1C(=O)c1csc(C(C)(C)C)n1. The lowest BCUT2D eigenvalue weighted by Crippen LogP contribution is -2.55. The molecule has 1 atom stereocenters. The number of carbonyl (C=O) groups is 2. The average molecular weight is 435 g/mol. The van der Waals surface area contributed by atoms with Crippen molar-refractivity contribution in [3.63, 3.8) is 0 Å². The number of aromatic nitrogens is 2. The molecule has 2 amide bonds. The van der Waals surface area contributed by atoms with Gasteiger partial charge in [-0.05, 0) is 6.92 Å². The number of thiazole rings is 2. The van der Waals surface area contributed by atoms with E-state index in [2.05, 4.69) is 51.5 Å². The first-order chi connectivity index (χ1) is 13.4. The van der Waals surface area contributed by atoms with Crippen molar-refractivity contribution >= 4 is 34.5 Å². The van der Waals surface area contributed by atoms with Crippen LogP contribution in [0.4, 0.5) is 0 Å². The number of rotatable bonds is 2. The molecule has 3 heterocycles. The molecular weight excluding hydrogens is 404 g/mol. The quantitative estimate of drug-likeness (QED) is 0.711. The first-order valence-corrected chi connectivity index (χ1v) is 11.7. The highest BCUT2D eigenvalue weighted by Crippen LogP contribution is 2.28. The van der Waals surface area contributed by atoms with Crippen molar-refractivity contribution in [1.29, 1.82) is 0 Å². The van der Waals surface area contributed by atoms with Crippen molar-refractivity contribution in [2.24, 2.45) is 0 Å². The molecule has 2 aromatic rings. The molecule has 1 aliphatic rings. The van der Waals surface area contributed by atoms with Crippen LogP contribution in [0, 0.1) is 0 Å². The minimum Gasteiger partial charge on any atom is -0.333 e. The van der Waals surface area contributed by atoms with E-state index in [-0.39, 0.29) is 28.7 Å². The highest BCUT2D eigenvalue weighted by molar-refractivity contribution is 7.10. The predicted molar refractivity (Wildman–Crippen MR) is 118 cm³/mol. The van der Waals surface area contributed by atoms with Gasteiger partial charge < -0.3 is 9.80 Å². The Balaban J connectivity index is 1.67. The number of hydrogen-bond acceptors (Lipinski definition) is 6. The highest BCUT2D eigenvalue weighted by atomic mass is 32.1. The fourth-order valence-corrected chi connectivity index (χ4v) is 4.95. The van der Waals surface area contributed by atoms with Gasteiger partial charge in [0.1, 0.15) is 11.4 Å². The monoisotopic (exact) mass is 434 g/mol. The first kappa shape index (κ1) is 21.9. The minimum atomic E-state index is -0.0701. The zero-order valence-electron chi connectivity index (χ0n) is 18.3. The molecule has 0 aromatic carbocycles. The molecule has 29 heavy (non-hydrogen) atoms. The molecule has 0 saturated carbocycles. The maximum atomic E-state index is 13.0. The summed E-state index contributed by atoms with van der Waals surface area (Å²) in [5, 5.41) is 5.60. The molecule has 0 N–H and O–H groups in total. The fourth-order valence-electron chi connectivity index (χ4n) is 3.19. The average Bonchev–Trinajstić information content (AvgIpc) is 3.29. The standard InChI is InChI=1S/C21H30N4O2S2/c1-13-10-24(16(26)14-11-28-18(22-14)20(2,3)4)8-9-25(13)17(27)15-12-29-19(23-15)21(5,6)7/h11-13H,8-10H2,1-7H3/t13-/m0/s1. The van der Waals surface area contributed by atoms with Crippen LogP contribution in [0.2, 0.25) is 0 Å². The van der Waals surface area contributed by atoms with E-state index in [0.717, 1.165) is 10.0 Å². The summed E-state index contributed by atoms with van der Waals surface area (Å²) in [5.74, 6) is -0.112. The van der Waals surface area contributed by atoms with Crippen LogP contribution in [0.25, 0.3) is 0 Å². The molecule has 2 aromatic heterocycles. The van der Waals surface area contributed by atoms with E-state index >= 15 is 0 Å². The van der Waals surface area contributed by atoms with Gasteiger partial charge in [-0.25, -0.2) is 9.97 Å². The van der Waals surface area contributed by atoms with Gasteiger partial charge in [0, 0.05) is 47.3 Å². The molecule has 6 nitrogen and oxygen atoms in total. The van der Waals surface area contributed by atoms with Gasteiger partial charge in [-0.3, -0.25) is 9.59 Å². The van der Waals surface area contributed by atoms with Crippen molar-refractivity contribution in [1.82, 2.24) is 19.8 Å². The summed E-state index contributed by atoms with van der Waals surface area (Å²) in [7, 11) is 0. The van der Waals surface area contributed by atoms with Gasteiger partial charge in [0.25, 0.3) is 11.8 Å². The zero-order valence-corrected chi connectivity index (χ0v) is 19.9. The van der Waals surface area contributed by atoms with E-state index in [4.69, 9.17) is 0 Å². The molecule has 0 unspecified atom stereocenters. The minimum absolute atomic E-state index is 0.0555. The predicted octanol–water partition coefficient (Wildman–Crippen LogP) is 4.18. The van der Waals surface area contributed by atoms with Crippen LogP contribution in [-0.2, 0) is 10.8 Å². The van der Waals surface area contributed by atoms with Crippen LogP contribution in [0.1, 0.15) is 79.5 Å². The number of hydrogen-bond donors (Lipinski definition) is 0. The lowest BCUT2D eigenvalue weighted by Gasteiger charge is -2.39. The first-order valence-electron chi connectivity index (χ1n) is 9.90. The van der Waals surface area contributed by atoms with E-state index in [1.165, 1.54) is 22.7 Å². The molecular formula is C21H30N4O2S2.